The number of benzene rings is 1. The summed E-state index contributed by atoms with van der Waals surface area (Å²) in [4.78, 5) is 23.3. The van der Waals surface area contributed by atoms with Gasteiger partial charge in [0.2, 0.25) is 0 Å². The largest absolute Gasteiger partial charge is 0.487 e. The Morgan fingerprint density at radius 1 is 1.17 bits per heavy atom. The smallest absolute Gasteiger partial charge is 0.341 e. The van der Waals surface area contributed by atoms with Crippen LogP contribution in [0.4, 0.5) is 0 Å². The predicted molar refractivity (Wildman–Crippen MR) is 86.7 cm³/mol. The van der Waals surface area contributed by atoms with Crippen LogP contribution in [0.3, 0.4) is 0 Å². The van der Waals surface area contributed by atoms with Gasteiger partial charge < -0.3 is 13.9 Å². The first-order valence-electron chi connectivity index (χ1n) is 6.75. The van der Waals surface area contributed by atoms with Crippen molar-refractivity contribution in [1.29, 1.82) is 0 Å². The van der Waals surface area contributed by atoms with E-state index in [2.05, 4.69) is 0 Å². The van der Waals surface area contributed by atoms with E-state index in [0.717, 1.165) is 0 Å². The molecule has 2 aromatic rings. The van der Waals surface area contributed by atoms with E-state index in [9.17, 15) is 9.59 Å². The zero-order valence-electron chi connectivity index (χ0n) is 12.5. The molecule has 1 aromatic carbocycles. The van der Waals surface area contributed by atoms with E-state index in [0.29, 0.717) is 21.4 Å². The highest BCUT2D eigenvalue weighted by molar-refractivity contribution is 6.37. The molecule has 0 saturated heterocycles. The molecule has 0 saturated carbocycles. The summed E-state index contributed by atoms with van der Waals surface area (Å²) in [5.74, 6) is -0.0300. The van der Waals surface area contributed by atoms with E-state index >= 15 is 0 Å². The third-order valence-electron chi connectivity index (χ3n) is 3.02. The van der Waals surface area contributed by atoms with Crippen LogP contribution >= 0.6 is 23.2 Å². The third kappa shape index (κ3) is 4.27. The normalized spacial score (nSPS) is 10.4. The molecule has 0 N–H and O–H groups in total. The Hall–Kier alpha value is -1.98. The van der Waals surface area contributed by atoms with E-state index in [-0.39, 0.29) is 24.5 Å². The number of hydrogen-bond acceptors (Lipinski definition) is 5. The molecule has 0 unspecified atom stereocenters. The van der Waals surface area contributed by atoms with Gasteiger partial charge in [0.25, 0.3) is 0 Å². The molecule has 0 spiro atoms. The van der Waals surface area contributed by atoms with Crippen LogP contribution in [0.5, 0.6) is 5.75 Å². The molecule has 0 atom stereocenters. The lowest BCUT2D eigenvalue weighted by atomic mass is 10.1. The Morgan fingerprint density at radius 2 is 1.83 bits per heavy atom. The molecular formula is C16H14Cl2O5. The SMILES string of the molecule is Cc1cc(=O)oc(C)c1C(=O)OCCOc1c(Cl)cccc1Cl. The zero-order chi connectivity index (χ0) is 17.0. The van der Waals surface area contributed by atoms with E-state index < -0.39 is 11.6 Å². The Kier molecular flexibility index (Phi) is 5.69. The third-order valence-corrected chi connectivity index (χ3v) is 3.62. The topological polar surface area (TPSA) is 65.7 Å². The fraction of sp³-hybridized carbons (Fsp3) is 0.250. The highest BCUT2D eigenvalue weighted by atomic mass is 35.5. The highest BCUT2D eigenvalue weighted by Crippen LogP contribution is 2.32. The fourth-order valence-corrected chi connectivity index (χ4v) is 2.54. The second-order valence-electron chi connectivity index (χ2n) is 4.71. The lowest BCUT2D eigenvalue weighted by Crippen LogP contribution is -2.16. The number of carbonyl (C=O) groups is 1. The van der Waals surface area contributed by atoms with Crippen LogP contribution in [0.15, 0.2) is 33.5 Å². The number of para-hydroxylation sites is 1. The molecule has 0 radical (unpaired) electrons. The maximum absolute atomic E-state index is 12.1. The van der Waals surface area contributed by atoms with Crippen LogP contribution in [0.1, 0.15) is 21.7 Å². The van der Waals surface area contributed by atoms with Gasteiger partial charge in [0.05, 0.1) is 10.0 Å². The number of carbonyl (C=O) groups excluding carboxylic acids is 1. The quantitative estimate of drug-likeness (QED) is 0.602. The Bertz CT molecular complexity index is 736. The molecule has 1 aromatic heterocycles. The van der Waals surface area contributed by atoms with Gasteiger partial charge in [0.1, 0.15) is 24.5 Å². The number of aryl methyl sites for hydroxylation is 2. The summed E-state index contributed by atoms with van der Waals surface area (Å²) in [6.45, 7) is 3.26. The van der Waals surface area contributed by atoms with Crippen LogP contribution in [-0.4, -0.2) is 19.2 Å². The number of ether oxygens (including phenoxy) is 2. The molecule has 0 aliphatic heterocycles. The van der Waals surface area contributed by atoms with Gasteiger partial charge in [-0.05, 0) is 31.5 Å². The minimum atomic E-state index is -0.586. The Labute approximate surface area is 142 Å². The maximum atomic E-state index is 12.1. The lowest BCUT2D eigenvalue weighted by Gasteiger charge is -2.11. The van der Waals surface area contributed by atoms with E-state index in [1.165, 1.54) is 13.0 Å². The molecule has 0 aliphatic rings. The van der Waals surface area contributed by atoms with Gasteiger partial charge in [-0.2, -0.15) is 0 Å². The summed E-state index contributed by atoms with van der Waals surface area (Å²) in [5, 5.41) is 0.751. The maximum Gasteiger partial charge on any atom is 0.341 e. The van der Waals surface area contributed by atoms with Gasteiger partial charge in [-0.1, -0.05) is 29.3 Å². The van der Waals surface area contributed by atoms with Gasteiger partial charge in [-0.25, -0.2) is 9.59 Å². The molecule has 1 heterocycles. The van der Waals surface area contributed by atoms with Crippen LogP contribution < -0.4 is 10.4 Å². The molecule has 7 heteroatoms. The van der Waals surface area contributed by atoms with Crippen molar-refractivity contribution in [3.63, 3.8) is 0 Å². The summed E-state index contributed by atoms with van der Waals surface area (Å²) in [6, 6.07) is 6.23. The standard InChI is InChI=1S/C16H14Cl2O5/c1-9-8-13(19)23-10(2)14(9)16(20)22-7-6-21-15-11(17)4-3-5-12(15)18/h3-5,8H,6-7H2,1-2H3. The van der Waals surface area contributed by atoms with Crippen molar-refractivity contribution in [1.82, 2.24) is 0 Å². The minimum Gasteiger partial charge on any atom is -0.487 e. The monoisotopic (exact) mass is 356 g/mol. The van der Waals surface area contributed by atoms with Crippen molar-refractivity contribution < 1.29 is 18.7 Å². The summed E-state index contributed by atoms with van der Waals surface area (Å²) in [6.07, 6.45) is 0. The first-order valence-corrected chi connectivity index (χ1v) is 7.51. The highest BCUT2D eigenvalue weighted by Gasteiger charge is 2.16. The molecule has 0 amide bonds. The molecular weight excluding hydrogens is 343 g/mol. The molecule has 0 fully saturated rings. The van der Waals surface area contributed by atoms with Gasteiger partial charge in [-0.15, -0.1) is 0 Å². The predicted octanol–water partition coefficient (Wildman–Crippen LogP) is 3.80. The van der Waals surface area contributed by atoms with E-state index in [1.807, 2.05) is 0 Å². The van der Waals surface area contributed by atoms with Gasteiger partial charge in [0, 0.05) is 6.07 Å². The number of halogens is 2. The Morgan fingerprint density at radius 3 is 2.43 bits per heavy atom. The van der Waals surface area contributed by atoms with Gasteiger partial charge in [0.15, 0.2) is 5.75 Å². The van der Waals surface area contributed by atoms with Crippen LogP contribution in [0.25, 0.3) is 0 Å². The number of hydrogen-bond donors (Lipinski definition) is 0. The van der Waals surface area contributed by atoms with Crippen molar-refractivity contribution in [3.8, 4) is 5.75 Å². The second kappa shape index (κ2) is 7.53. The summed E-state index contributed by atoms with van der Waals surface area (Å²) < 4.78 is 15.4. The Balaban J connectivity index is 1.95. The second-order valence-corrected chi connectivity index (χ2v) is 5.53. The van der Waals surface area contributed by atoms with Crippen molar-refractivity contribution in [2.45, 2.75) is 13.8 Å². The molecule has 5 nitrogen and oxygen atoms in total. The van der Waals surface area contributed by atoms with E-state index in [1.54, 1.807) is 25.1 Å². The van der Waals surface area contributed by atoms with Gasteiger partial charge in [-0.3, -0.25) is 0 Å². The summed E-state index contributed by atoms with van der Waals surface area (Å²) in [5.41, 5.74) is 0.229. The van der Waals surface area contributed by atoms with Crippen LogP contribution in [-0.2, 0) is 4.74 Å². The molecule has 2 rings (SSSR count). The first-order chi connectivity index (χ1) is 10.9. The molecule has 0 aliphatic carbocycles. The lowest BCUT2D eigenvalue weighted by molar-refractivity contribution is 0.0445. The van der Waals surface area contributed by atoms with Crippen molar-refractivity contribution >= 4 is 29.2 Å². The van der Waals surface area contributed by atoms with Crippen molar-refractivity contribution in [3.05, 3.63) is 61.6 Å². The summed E-state index contributed by atoms with van der Waals surface area (Å²) >= 11 is 11.9. The van der Waals surface area contributed by atoms with Gasteiger partial charge >= 0.3 is 11.6 Å². The summed E-state index contributed by atoms with van der Waals surface area (Å²) in [7, 11) is 0. The first kappa shape index (κ1) is 17.4. The fourth-order valence-electron chi connectivity index (χ4n) is 2.03. The number of esters is 1. The van der Waals surface area contributed by atoms with Crippen LogP contribution in [0.2, 0.25) is 10.0 Å². The minimum absolute atomic E-state index is 0.00160. The zero-order valence-corrected chi connectivity index (χ0v) is 14.0. The van der Waals surface area contributed by atoms with Crippen molar-refractivity contribution in [2.75, 3.05) is 13.2 Å². The molecule has 0 bridgehead atoms. The average molecular weight is 357 g/mol. The molecule has 122 valence electrons. The van der Waals surface area contributed by atoms with E-state index in [4.69, 9.17) is 37.1 Å². The van der Waals surface area contributed by atoms with Crippen molar-refractivity contribution in [2.24, 2.45) is 0 Å². The van der Waals surface area contributed by atoms with Crippen LogP contribution in [0, 0.1) is 13.8 Å². The molecule has 23 heavy (non-hydrogen) atoms. The average Bonchev–Trinajstić information content (AvgIpc) is 2.44. The number of rotatable bonds is 5.